The normalized spacial score (nSPS) is 11.8. The van der Waals surface area contributed by atoms with Gasteiger partial charge in [0.05, 0.1) is 5.92 Å². The van der Waals surface area contributed by atoms with Crippen molar-refractivity contribution in [1.82, 2.24) is 0 Å². The Morgan fingerprint density at radius 2 is 2.00 bits per heavy atom. The van der Waals surface area contributed by atoms with Crippen LogP contribution < -0.4 is 0 Å². The van der Waals surface area contributed by atoms with Crippen molar-refractivity contribution in [3.05, 3.63) is 0 Å². The van der Waals surface area contributed by atoms with E-state index in [0.717, 1.165) is 25.7 Å². The molecule has 0 saturated carbocycles. The van der Waals surface area contributed by atoms with Crippen molar-refractivity contribution >= 4 is 5.97 Å². The minimum absolute atomic E-state index is 0. The maximum Gasteiger partial charge on any atom is 0.306 e. The van der Waals surface area contributed by atoms with Crippen molar-refractivity contribution in [2.24, 2.45) is 5.92 Å². The molecule has 1 atom stereocenters. The van der Waals surface area contributed by atoms with E-state index in [4.69, 9.17) is 5.11 Å². The number of hydrogen-bond donors (Lipinski definition) is 1. The summed E-state index contributed by atoms with van der Waals surface area (Å²) in [6, 6.07) is 0. The summed E-state index contributed by atoms with van der Waals surface area (Å²) in [5.41, 5.74) is 0. The molecule has 3 heteroatoms. The fourth-order valence-corrected chi connectivity index (χ4v) is 0.953. The van der Waals surface area contributed by atoms with E-state index in [2.05, 4.69) is 6.92 Å². The fraction of sp³-hybridized carbons (Fsp3) is 0.875. The standard InChI is InChI=1S/C8H16O2.Ag/c1-3-5-6-7(4-2)8(9)10;/h7H,3-6H2,1-2H3,(H,9,10);. The molecule has 1 N–H and O–H groups in total. The summed E-state index contributed by atoms with van der Waals surface area (Å²) >= 11 is 0. The van der Waals surface area contributed by atoms with Crippen LogP contribution in [0.2, 0.25) is 0 Å². The van der Waals surface area contributed by atoms with E-state index in [-0.39, 0.29) is 28.3 Å². The minimum atomic E-state index is -0.643. The first kappa shape index (κ1) is 13.8. The summed E-state index contributed by atoms with van der Waals surface area (Å²) in [6.45, 7) is 4.00. The zero-order valence-electron chi connectivity index (χ0n) is 7.06. The van der Waals surface area contributed by atoms with Gasteiger partial charge >= 0.3 is 5.97 Å². The van der Waals surface area contributed by atoms with Gasteiger partial charge < -0.3 is 5.11 Å². The van der Waals surface area contributed by atoms with Crippen LogP contribution in [0.4, 0.5) is 0 Å². The van der Waals surface area contributed by atoms with Crippen LogP contribution in [0, 0.1) is 5.92 Å². The summed E-state index contributed by atoms with van der Waals surface area (Å²) in [4.78, 5) is 10.4. The van der Waals surface area contributed by atoms with Crippen LogP contribution in [0.15, 0.2) is 0 Å². The SMILES string of the molecule is CCCCC(CC)C(=O)O.[Ag]. The van der Waals surface area contributed by atoms with Gasteiger partial charge in [0.15, 0.2) is 0 Å². The molecule has 0 amide bonds. The molecule has 0 bridgehead atoms. The number of carbonyl (C=O) groups is 1. The molecule has 1 radical (unpaired) electrons. The quantitative estimate of drug-likeness (QED) is 0.762. The van der Waals surface area contributed by atoms with Gasteiger partial charge in [0.1, 0.15) is 0 Å². The zero-order chi connectivity index (χ0) is 7.98. The fourth-order valence-electron chi connectivity index (χ4n) is 0.953. The molecule has 0 spiro atoms. The largest absolute Gasteiger partial charge is 0.481 e. The van der Waals surface area contributed by atoms with Crippen molar-refractivity contribution in [2.45, 2.75) is 39.5 Å². The molecule has 0 heterocycles. The van der Waals surface area contributed by atoms with Gasteiger partial charge in [-0.05, 0) is 12.8 Å². The molecule has 0 aromatic carbocycles. The van der Waals surface area contributed by atoms with Crippen LogP contribution in [0.25, 0.3) is 0 Å². The third-order valence-electron chi connectivity index (χ3n) is 1.75. The Labute approximate surface area is 83.9 Å². The summed E-state index contributed by atoms with van der Waals surface area (Å²) in [5.74, 6) is -0.754. The molecule has 0 aromatic rings. The first-order chi connectivity index (χ1) is 4.72. The van der Waals surface area contributed by atoms with E-state index in [1.54, 1.807) is 0 Å². The molecule has 1 unspecified atom stereocenters. The van der Waals surface area contributed by atoms with Gasteiger partial charge in [-0.3, -0.25) is 4.79 Å². The maximum atomic E-state index is 10.4. The van der Waals surface area contributed by atoms with Crippen LogP contribution in [0.5, 0.6) is 0 Å². The molecular weight excluding hydrogens is 236 g/mol. The molecule has 11 heavy (non-hydrogen) atoms. The predicted molar refractivity (Wildman–Crippen MR) is 40.9 cm³/mol. The van der Waals surface area contributed by atoms with E-state index < -0.39 is 5.97 Å². The molecule has 0 aliphatic heterocycles. The van der Waals surface area contributed by atoms with Crippen molar-refractivity contribution in [2.75, 3.05) is 0 Å². The monoisotopic (exact) mass is 251 g/mol. The summed E-state index contributed by atoms with van der Waals surface area (Å²) in [7, 11) is 0. The Kier molecular flexibility index (Phi) is 10.4. The smallest absolute Gasteiger partial charge is 0.306 e. The first-order valence-corrected chi connectivity index (χ1v) is 3.95. The Morgan fingerprint density at radius 3 is 2.27 bits per heavy atom. The molecule has 0 aliphatic rings. The molecule has 0 aliphatic carbocycles. The Balaban J connectivity index is 0. The van der Waals surface area contributed by atoms with Crippen LogP contribution in [0.1, 0.15) is 39.5 Å². The number of unbranched alkanes of at least 4 members (excludes halogenated alkanes) is 1. The second-order valence-corrected chi connectivity index (χ2v) is 2.59. The predicted octanol–water partition coefficient (Wildman–Crippen LogP) is 2.28. The topological polar surface area (TPSA) is 37.3 Å². The van der Waals surface area contributed by atoms with E-state index in [1.165, 1.54) is 0 Å². The van der Waals surface area contributed by atoms with E-state index in [1.807, 2.05) is 6.92 Å². The average molecular weight is 252 g/mol. The molecule has 0 saturated heterocycles. The second-order valence-electron chi connectivity index (χ2n) is 2.59. The number of carboxylic acid groups (broad SMARTS) is 1. The van der Waals surface area contributed by atoms with Crippen LogP contribution in [-0.4, -0.2) is 11.1 Å². The molecule has 71 valence electrons. The van der Waals surface area contributed by atoms with Gasteiger partial charge in [0.2, 0.25) is 0 Å². The van der Waals surface area contributed by atoms with Crippen LogP contribution >= 0.6 is 0 Å². The van der Waals surface area contributed by atoms with Gasteiger partial charge in [0.25, 0.3) is 0 Å². The van der Waals surface area contributed by atoms with Gasteiger partial charge in [-0.15, -0.1) is 0 Å². The van der Waals surface area contributed by atoms with Crippen molar-refractivity contribution in [3.8, 4) is 0 Å². The molecule has 0 fully saturated rings. The van der Waals surface area contributed by atoms with Gasteiger partial charge in [0, 0.05) is 22.4 Å². The van der Waals surface area contributed by atoms with E-state index in [9.17, 15) is 4.79 Å². The Morgan fingerprint density at radius 1 is 1.45 bits per heavy atom. The van der Waals surface area contributed by atoms with Crippen molar-refractivity contribution in [1.29, 1.82) is 0 Å². The first-order valence-electron chi connectivity index (χ1n) is 3.95. The number of aliphatic carboxylic acids is 1. The second kappa shape index (κ2) is 8.31. The van der Waals surface area contributed by atoms with Gasteiger partial charge in [-0.25, -0.2) is 0 Å². The maximum absolute atomic E-state index is 10.4. The molecule has 0 aromatic heterocycles. The van der Waals surface area contributed by atoms with E-state index >= 15 is 0 Å². The van der Waals surface area contributed by atoms with E-state index in [0.29, 0.717) is 0 Å². The molecule has 2 nitrogen and oxygen atoms in total. The third-order valence-corrected chi connectivity index (χ3v) is 1.75. The Bertz CT molecular complexity index is 104. The van der Waals surface area contributed by atoms with Gasteiger partial charge in [-0.2, -0.15) is 0 Å². The van der Waals surface area contributed by atoms with Crippen molar-refractivity contribution < 1.29 is 32.3 Å². The summed E-state index contributed by atoms with van der Waals surface area (Å²) in [6.07, 6.45) is 3.71. The van der Waals surface area contributed by atoms with Crippen LogP contribution in [0.3, 0.4) is 0 Å². The Hall–Kier alpha value is 0.210. The summed E-state index contributed by atoms with van der Waals surface area (Å²) < 4.78 is 0. The number of rotatable bonds is 5. The number of hydrogen-bond acceptors (Lipinski definition) is 1. The zero-order valence-corrected chi connectivity index (χ0v) is 8.55. The molecule has 0 rings (SSSR count). The third kappa shape index (κ3) is 6.60. The van der Waals surface area contributed by atoms with Crippen LogP contribution in [-0.2, 0) is 27.2 Å². The van der Waals surface area contributed by atoms with Crippen molar-refractivity contribution in [3.63, 3.8) is 0 Å². The summed E-state index contributed by atoms with van der Waals surface area (Å²) in [5, 5.41) is 8.60. The molecular formula is C8H16AgO2. The average Bonchev–Trinajstić information content (AvgIpc) is 1.89. The number of carboxylic acids is 1. The van der Waals surface area contributed by atoms with Gasteiger partial charge in [-0.1, -0.05) is 26.7 Å². The minimum Gasteiger partial charge on any atom is -0.481 e.